The van der Waals surface area contributed by atoms with Crippen molar-refractivity contribution in [3.63, 3.8) is 0 Å². The first kappa shape index (κ1) is 14.9. The van der Waals surface area contributed by atoms with E-state index in [0.717, 1.165) is 0 Å². The van der Waals surface area contributed by atoms with Crippen LogP contribution in [-0.4, -0.2) is 25.2 Å². The van der Waals surface area contributed by atoms with Crippen molar-refractivity contribution >= 4 is 5.69 Å². The van der Waals surface area contributed by atoms with Crippen LogP contribution >= 0.6 is 0 Å². The Morgan fingerprint density at radius 2 is 1.71 bits per heavy atom. The fraction of sp³-hybridized carbons (Fsp3) is 0.684. The molecule has 0 bridgehead atoms. The predicted molar refractivity (Wildman–Crippen MR) is 91.2 cm³/mol. The summed E-state index contributed by atoms with van der Waals surface area (Å²) in [6, 6.07) is 9.28. The lowest BCUT2D eigenvalue weighted by atomic mass is 9.81. The van der Waals surface area contributed by atoms with Gasteiger partial charge in [0.05, 0.1) is 0 Å². The number of anilines is 1. The molecule has 1 aromatic carbocycles. The SMILES string of the molecule is CC(C)c1ccc(N2CCCNC3(CCCCC3)C2)cc1. The summed E-state index contributed by atoms with van der Waals surface area (Å²) in [6.07, 6.45) is 8.18. The number of hydrogen-bond donors (Lipinski definition) is 1. The van der Waals surface area contributed by atoms with Crippen molar-refractivity contribution in [2.75, 3.05) is 24.5 Å². The molecule has 2 nitrogen and oxygen atoms in total. The topological polar surface area (TPSA) is 15.3 Å². The van der Waals surface area contributed by atoms with E-state index in [-0.39, 0.29) is 0 Å². The van der Waals surface area contributed by atoms with Gasteiger partial charge in [0.2, 0.25) is 0 Å². The number of nitrogens with zero attached hydrogens (tertiary/aromatic N) is 1. The summed E-state index contributed by atoms with van der Waals surface area (Å²) in [5.74, 6) is 0.620. The standard InChI is InChI=1S/C19H30N2/c1-16(2)17-7-9-18(10-8-17)21-14-6-13-20-19(15-21)11-4-3-5-12-19/h7-10,16,20H,3-6,11-15H2,1-2H3. The Balaban J connectivity index is 1.76. The molecule has 1 saturated carbocycles. The average molecular weight is 286 g/mol. The van der Waals surface area contributed by atoms with Gasteiger partial charge in [-0.2, -0.15) is 0 Å². The van der Waals surface area contributed by atoms with Gasteiger partial charge in [-0.25, -0.2) is 0 Å². The molecule has 3 rings (SSSR count). The summed E-state index contributed by atoms with van der Waals surface area (Å²) in [7, 11) is 0. The first-order chi connectivity index (χ1) is 10.2. The number of rotatable bonds is 2. The highest BCUT2D eigenvalue weighted by molar-refractivity contribution is 5.48. The van der Waals surface area contributed by atoms with Crippen LogP contribution in [0.15, 0.2) is 24.3 Å². The zero-order valence-electron chi connectivity index (χ0n) is 13.7. The number of nitrogens with one attached hydrogen (secondary N) is 1. The summed E-state index contributed by atoms with van der Waals surface area (Å²) < 4.78 is 0. The smallest absolute Gasteiger partial charge is 0.0367 e. The average Bonchev–Trinajstić information content (AvgIpc) is 2.71. The van der Waals surface area contributed by atoms with Gasteiger partial charge in [-0.3, -0.25) is 0 Å². The van der Waals surface area contributed by atoms with Crippen LogP contribution in [0, 0.1) is 0 Å². The maximum absolute atomic E-state index is 3.88. The molecular formula is C19H30N2. The Hall–Kier alpha value is -1.02. The minimum absolute atomic E-state index is 0.380. The van der Waals surface area contributed by atoms with Crippen LogP contribution in [0.5, 0.6) is 0 Å². The lowest BCUT2D eigenvalue weighted by Gasteiger charge is -2.40. The summed E-state index contributed by atoms with van der Waals surface area (Å²) in [4.78, 5) is 2.62. The van der Waals surface area contributed by atoms with E-state index in [9.17, 15) is 0 Å². The van der Waals surface area contributed by atoms with Crippen molar-refractivity contribution < 1.29 is 0 Å². The van der Waals surface area contributed by atoms with Crippen LogP contribution in [0.25, 0.3) is 0 Å². The van der Waals surface area contributed by atoms with Gasteiger partial charge in [0, 0.05) is 24.3 Å². The molecule has 0 radical (unpaired) electrons. The van der Waals surface area contributed by atoms with Crippen LogP contribution in [0.4, 0.5) is 5.69 Å². The van der Waals surface area contributed by atoms with Gasteiger partial charge in [0.1, 0.15) is 0 Å². The van der Waals surface area contributed by atoms with Crippen molar-refractivity contribution in [3.8, 4) is 0 Å². The molecule has 1 aromatic rings. The molecule has 0 amide bonds. The third kappa shape index (κ3) is 3.42. The zero-order valence-corrected chi connectivity index (χ0v) is 13.7. The van der Waals surface area contributed by atoms with E-state index in [0.29, 0.717) is 11.5 Å². The highest BCUT2D eigenvalue weighted by atomic mass is 15.2. The quantitative estimate of drug-likeness (QED) is 0.871. The molecule has 0 atom stereocenters. The van der Waals surface area contributed by atoms with Gasteiger partial charge in [0.25, 0.3) is 0 Å². The molecule has 1 spiro atoms. The van der Waals surface area contributed by atoms with Crippen molar-refractivity contribution in [2.24, 2.45) is 0 Å². The van der Waals surface area contributed by atoms with E-state index >= 15 is 0 Å². The minimum atomic E-state index is 0.380. The molecule has 1 saturated heterocycles. The molecule has 0 unspecified atom stereocenters. The summed E-state index contributed by atoms with van der Waals surface area (Å²) in [5.41, 5.74) is 3.23. The van der Waals surface area contributed by atoms with Gasteiger partial charge in [-0.1, -0.05) is 45.2 Å². The normalized spacial score (nSPS) is 22.5. The fourth-order valence-corrected chi connectivity index (χ4v) is 3.98. The summed E-state index contributed by atoms with van der Waals surface area (Å²) >= 11 is 0. The van der Waals surface area contributed by atoms with E-state index < -0.39 is 0 Å². The lowest BCUT2D eigenvalue weighted by Crippen LogP contribution is -2.52. The third-order valence-electron chi connectivity index (χ3n) is 5.33. The number of benzene rings is 1. The monoisotopic (exact) mass is 286 g/mol. The van der Waals surface area contributed by atoms with Crippen LogP contribution in [0.3, 0.4) is 0 Å². The molecule has 1 aliphatic carbocycles. The second-order valence-electron chi connectivity index (χ2n) is 7.29. The van der Waals surface area contributed by atoms with Crippen LogP contribution in [0.1, 0.15) is 63.9 Å². The van der Waals surface area contributed by atoms with Gasteiger partial charge in [0.15, 0.2) is 0 Å². The molecular weight excluding hydrogens is 256 g/mol. The maximum atomic E-state index is 3.88. The Labute approximate surface area is 129 Å². The molecule has 2 heteroatoms. The molecule has 116 valence electrons. The third-order valence-corrected chi connectivity index (χ3v) is 5.33. The Kier molecular flexibility index (Phi) is 4.54. The van der Waals surface area contributed by atoms with Crippen molar-refractivity contribution in [3.05, 3.63) is 29.8 Å². The van der Waals surface area contributed by atoms with E-state index in [2.05, 4.69) is 48.3 Å². The molecule has 2 aliphatic rings. The number of hydrogen-bond acceptors (Lipinski definition) is 2. The first-order valence-electron chi connectivity index (χ1n) is 8.79. The Bertz CT molecular complexity index is 443. The second kappa shape index (κ2) is 6.39. The van der Waals surface area contributed by atoms with E-state index in [1.54, 1.807) is 0 Å². The highest BCUT2D eigenvalue weighted by Crippen LogP contribution is 2.32. The zero-order chi connectivity index (χ0) is 14.7. The summed E-state index contributed by atoms with van der Waals surface area (Å²) in [6.45, 7) is 8.09. The summed E-state index contributed by atoms with van der Waals surface area (Å²) in [5, 5.41) is 3.88. The minimum Gasteiger partial charge on any atom is -0.370 e. The highest BCUT2D eigenvalue weighted by Gasteiger charge is 2.34. The van der Waals surface area contributed by atoms with Crippen molar-refractivity contribution in [1.82, 2.24) is 5.32 Å². The van der Waals surface area contributed by atoms with Gasteiger partial charge >= 0.3 is 0 Å². The van der Waals surface area contributed by atoms with Crippen molar-refractivity contribution in [1.29, 1.82) is 0 Å². The molecule has 1 aliphatic heterocycles. The van der Waals surface area contributed by atoms with Gasteiger partial charge in [-0.05, 0) is 49.4 Å². The largest absolute Gasteiger partial charge is 0.370 e. The molecule has 21 heavy (non-hydrogen) atoms. The van der Waals surface area contributed by atoms with Gasteiger partial charge < -0.3 is 10.2 Å². The fourth-order valence-electron chi connectivity index (χ4n) is 3.98. The Morgan fingerprint density at radius 3 is 2.38 bits per heavy atom. The molecule has 2 fully saturated rings. The Morgan fingerprint density at radius 1 is 1.00 bits per heavy atom. The van der Waals surface area contributed by atoms with Crippen LogP contribution < -0.4 is 10.2 Å². The predicted octanol–water partition coefficient (Wildman–Crippen LogP) is 4.31. The maximum Gasteiger partial charge on any atom is 0.0367 e. The molecule has 0 aromatic heterocycles. The molecule has 1 N–H and O–H groups in total. The van der Waals surface area contributed by atoms with Gasteiger partial charge in [-0.15, -0.1) is 0 Å². The van der Waals surface area contributed by atoms with E-state index in [1.807, 2.05) is 0 Å². The van der Waals surface area contributed by atoms with Crippen LogP contribution in [0.2, 0.25) is 0 Å². The van der Waals surface area contributed by atoms with Crippen molar-refractivity contribution in [2.45, 2.75) is 63.8 Å². The molecule has 1 heterocycles. The van der Waals surface area contributed by atoms with Crippen LogP contribution in [-0.2, 0) is 0 Å². The van der Waals surface area contributed by atoms with E-state index in [4.69, 9.17) is 0 Å². The van der Waals surface area contributed by atoms with E-state index in [1.165, 1.54) is 69.4 Å². The lowest BCUT2D eigenvalue weighted by molar-refractivity contribution is 0.246. The first-order valence-corrected chi connectivity index (χ1v) is 8.79. The second-order valence-corrected chi connectivity index (χ2v) is 7.29.